The number of aryl methyl sites for hydroxylation is 1. The fraction of sp³-hybridized carbons (Fsp3) is 0.533. The highest BCUT2D eigenvalue weighted by Crippen LogP contribution is 2.18. The molecule has 0 saturated heterocycles. The van der Waals surface area contributed by atoms with E-state index in [9.17, 15) is 13.2 Å². The first-order valence-corrected chi connectivity index (χ1v) is 10.1. The molecule has 0 aromatic carbocycles. The summed E-state index contributed by atoms with van der Waals surface area (Å²) in [6.07, 6.45) is 1.96. The van der Waals surface area contributed by atoms with Crippen LogP contribution in [0, 0.1) is 4.77 Å². The minimum absolute atomic E-state index is 0.114. The number of aromatic nitrogens is 4. The van der Waals surface area contributed by atoms with Gasteiger partial charge in [0.2, 0.25) is 10.0 Å². The summed E-state index contributed by atoms with van der Waals surface area (Å²) >= 11 is 5.04. The summed E-state index contributed by atoms with van der Waals surface area (Å²) in [5, 5.41) is 9.54. The van der Waals surface area contributed by atoms with Crippen LogP contribution in [0.1, 0.15) is 30.2 Å². The molecule has 2 aromatic heterocycles. The van der Waals surface area contributed by atoms with Crippen molar-refractivity contribution in [1.29, 1.82) is 0 Å². The van der Waals surface area contributed by atoms with Crippen LogP contribution in [0.25, 0.3) is 0 Å². The monoisotopic (exact) mass is 400 g/mol. The average Bonchev–Trinajstić information content (AvgIpc) is 3.13. The topological polar surface area (TPSA) is 105 Å². The third-order valence-corrected chi connectivity index (χ3v) is 6.54. The second-order valence-corrected chi connectivity index (χ2v) is 8.10. The van der Waals surface area contributed by atoms with Gasteiger partial charge in [-0.2, -0.15) is 9.40 Å². The number of hydrogen-bond acceptors (Lipinski definition) is 5. The summed E-state index contributed by atoms with van der Waals surface area (Å²) in [6.45, 7) is 4.67. The predicted molar refractivity (Wildman–Crippen MR) is 99.9 cm³/mol. The molecule has 0 bridgehead atoms. The van der Waals surface area contributed by atoms with E-state index in [0.29, 0.717) is 30.8 Å². The minimum atomic E-state index is -3.60. The summed E-state index contributed by atoms with van der Waals surface area (Å²) in [7, 11) is -0.157. The molecular formula is C15H24N6O3S2. The molecule has 0 radical (unpaired) electrons. The zero-order valence-electron chi connectivity index (χ0n) is 15.3. The van der Waals surface area contributed by atoms with Gasteiger partial charge in [0, 0.05) is 46.3 Å². The number of nitrogens with zero attached hydrogens (tertiary/aromatic N) is 4. The lowest BCUT2D eigenvalue weighted by Crippen LogP contribution is -2.30. The van der Waals surface area contributed by atoms with Crippen molar-refractivity contribution in [3.05, 3.63) is 28.6 Å². The second-order valence-electron chi connectivity index (χ2n) is 5.77. The highest BCUT2D eigenvalue weighted by Gasteiger charge is 2.25. The maximum absolute atomic E-state index is 12.6. The van der Waals surface area contributed by atoms with Crippen molar-refractivity contribution in [3.8, 4) is 0 Å². The van der Waals surface area contributed by atoms with Gasteiger partial charge in [0.15, 0.2) is 4.77 Å². The fourth-order valence-corrected chi connectivity index (χ4v) is 4.28. The molecule has 2 aromatic rings. The van der Waals surface area contributed by atoms with Gasteiger partial charge in [-0.05, 0) is 18.3 Å². The molecule has 9 nitrogen and oxygen atoms in total. The minimum Gasteiger partial charge on any atom is -0.350 e. The molecular weight excluding hydrogens is 376 g/mol. The van der Waals surface area contributed by atoms with E-state index < -0.39 is 10.0 Å². The molecule has 0 aliphatic rings. The summed E-state index contributed by atoms with van der Waals surface area (Å²) < 4.78 is 30.3. The molecule has 11 heteroatoms. The molecule has 144 valence electrons. The number of carbonyl (C=O) groups is 1. The van der Waals surface area contributed by atoms with Gasteiger partial charge in [-0.15, -0.1) is 0 Å². The quantitative estimate of drug-likeness (QED) is 0.638. The normalized spacial score (nSPS) is 11.9. The number of nitrogens with one attached hydrogen (secondary N) is 2. The molecule has 1 amide bonds. The van der Waals surface area contributed by atoms with Gasteiger partial charge >= 0.3 is 0 Å². The van der Waals surface area contributed by atoms with Crippen molar-refractivity contribution in [2.24, 2.45) is 14.1 Å². The van der Waals surface area contributed by atoms with Gasteiger partial charge in [-0.3, -0.25) is 9.89 Å². The summed E-state index contributed by atoms with van der Waals surface area (Å²) in [6, 6.07) is 1.40. The van der Waals surface area contributed by atoms with Crippen LogP contribution in [-0.4, -0.2) is 57.6 Å². The molecule has 2 N–H and O–H groups in total. The van der Waals surface area contributed by atoms with Gasteiger partial charge in [0.05, 0.1) is 0 Å². The fourth-order valence-electron chi connectivity index (χ4n) is 2.60. The largest absolute Gasteiger partial charge is 0.350 e. The Morgan fingerprint density at radius 1 is 1.35 bits per heavy atom. The second kappa shape index (κ2) is 8.14. The van der Waals surface area contributed by atoms with E-state index in [1.807, 2.05) is 0 Å². The first-order valence-electron chi connectivity index (χ1n) is 8.27. The van der Waals surface area contributed by atoms with Crippen LogP contribution >= 0.6 is 12.2 Å². The number of hydrogen-bond donors (Lipinski definition) is 2. The maximum Gasteiger partial charge on any atom is 0.267 e. The SMILES string of the molecule is CCN(CC)S(=O)(=O)c1cc(C(=O)NCCc2n[nH]c(=S)n2C)n(C)c1. The third kappa shape index (κ3) is 4.05. The van der Waals surface area contributed by atoms with Crippen LogP contribution in [0.3, 0.4) is 0 Å². The third-order valence-electron chi connectivity index (χ3n) is 4.16. The Kier molecular flexibility index (Phi) is 6.37. The van der Waals surface area contributed by atoms with E-state index in [4.69, 9.17) is 12.2 Å². The lowest BCUT2D eigenvalue weighted by molar-refractivity contribution is 0.0945. The highest BCUT2D eigenvalue weighted by atomic mass is 32.2. The smallest absolute Gasteiger partial charge is 0.267 e. The van der Waals surface area contributed by atoms with Crippen molar-refractivity contribution in [1.82, 2.24) is 29.0 Å². The molecule has 0 aliphatic carbocycles. The molecule has 0 atom stereocenters. The molecule has 0 aliphatic heterocycles. The number of aromatic amines is 1. The Morgan fingerprint density at radius 3 is 2.54 bits per heavy atom. The molecule has 0 saturated carbocycles. The number of sulfonamides is 1. The maximum atomic E-state index is 12.6. The van der Waals surface area contributed by atoms with E-state index in [-0.39, 0.29) is 16.5 Å². The number of H-pyrrole nitrogens is 1. The standard InChI is InChI=1S/C15H24N6O3S2/c1-5-21(6-2)26(23,24)11-9-12(19(3)10-11)14(22)16-8-7-13-17-18-15(25)20(13)4/h9-10H,5-8H2,1-4H3,(H,16,22)(H,18,25). The van der Waals surface area contributed by atoms with Crippen LogP contribution in [0.15, 0.2) is 17.2 Å². The Morgan fingerprint density at radius 2 is 2.00 bits per heavy atom. The van der Waals surface area contributed by atoms with Crippen LogP contribution in [0.2, 0.25) is 0 Å². The molecule has 0 fully saturated rings. The van der Waals surface area contributed by atoms with Gasteiger partial charge in [0.25, 0.3) is 5.91 Å². The zero-order chi connectivity index (χ0) is 19.5. The lowest BCUT2D eigenvalue weighted by Gasteiger charge is -2.17. The number of carbonyl (C=O) groups excluding carboxylic acids is 1. The molecule has 2 heterocycles. The van der Waals surface area contributed by atoms with Crippen LogP contribution in [0.4, 0.5) is 0 Å². The Labute approximate surface area is 158 Å². The Bertz CT molecular complexity index is 937. The van der Waals surface area contributed by atoms with Crippen molar-refractivity contribution >= 4 is 28.1 Å². The van der Waals surface area contributed by atoms with E-state index in [2.05, 4.69) is 15.5 Å². The highest BCUT2D eigenvalue weighted by molar-refractivity contribution is 7.89. The van der Waals surface area contributed by atoms with E-state index in [1.54, 1.807) is 32.5 Å². The zero-order valence-corrected chi connectivity index (χ0v) is 16.9. The van der Waals surface area contributed by atoms with Crippen molar-refractivity contribution in [2.75, 3.05) is 19.6 Å². The van der Waals surface area contributed by atoms with Crippen molar-refractivity contribution < 1.29 is 13.2 Å². The van der Waals surface area contributed by atoms with Crippen molar-refractivity contribution in [2.45, 2.75) is 25.2 Å². The Hall–Kier alpha value is -1.98. The van der Waals surface area contributed by atoms with Crippen LogP contribution < -0.4 is 5.32 Å². The molecule has 26 heavy (non-hydrogen) atoms. The van der Waals surface area contributed by atoms with Crippen molar-refractivity contribution in [3.63, 3.8) is 0 Å². The van der Waals surface area contributed by atoms with Gasteiger partial charge in [-0.1, -0.05) is 13.8 Å². The van der Waals surface area contributed by atoms with Gasteiger partial charge < -0.3 is 14.5 Å². The van der Waals surface area contributed by atoms with E-state index >= 15 is 0 Å². The van der Waals surface area contributed by atoms with E-state index in [0.717, 1.165) is 5.82 Å². The predicted octanol–water partition coefficient (Wildman–Crippen LogP) is 0.819. The number of rotatable bonds is 8. The first-order chi connectivity index (χ1) is 12.2. The summed E-state index contributed by atoms with van der Waals surface area (Å²) in [5.74, 6) is 0.386. The van der Waals surface area contributed by atoms with E-state index in [1.165, 1.54) is 21.1 Å². The summed E-state index contributed by atoms with van der Waals surface area (Å²) in [5.41, 5.74) is 0.283. The summed E-state index contributed by atoms with van der Waals surface area (Å²) in [4.78, 5) is 12.5. The lowest BCUT2D eigenvalue weighted by atomic mass is 10.3. The average molecular weight is 401 g/mol. The first kappa shape index (κ1) is 20.3. The molecule has 0 spiro atoms. The van der Waals surface area contributed by atoms with Gasteiger partial charge in [0.1, 0.15) is 16.4 Å². The molecule has 0 unspecified atom stereocenters. The Balaban J connectivity index is 2.09. The number of amides is 1. The van der Waals surface area contributed by atoms with Crippen LogP contribution in [0.5, 0.6) is 0 Å². The van der Waals surface area contributed by atoms with Crippen LogP contribution in [-0.2, 0) is 30.5 Å². The van der Waals surface area contributed by atoms with Gasteiger partial charge in [-0.25, -0.2) is 8.42 Å². The molecule has 2 rings (SSSR count).